The van der Waals surface area contributed by atoms with Crippen molar-refractivity contribution < 1.29 is 19.4 Å². The molecule has 0 radical (unpaired) electrons. The van der Waals surface area contributed by atoms with E-state index in [9.17, 15) is 9.90 Å². The van der Waals surface area contributed by atoms with Crippen molar-refractivity contribution in [3.05, 3.63) is 47.6 Å². The van der Waals surface area contributed by atoms with Crippen molar-refractivity contribution in [1.82, 2.24) is 0 Å². The summed E-state index contributed by atoms with van der Waals surface area (Å²) in [6.45, 7) is 6.00. The number of benzene rings is 1. The third-order valence-corrected chi connectivity index (χ3v) is 4.05. The Morgan fingerprint density at radius 2 is 2.00 bits per heavy atom. The maximum atomic E-state index is 11.7. The van der Waals surface area contributed by atoms with Gasteiger partial charge in [0.2, 0.25) is 0 Å². The first-order valence-corrected chi connectivity index (χ1v) is 7.79. The summed E-state index contributed by atoms with van der Waals surface area (Å²) in [6, 6.07) is 7.78. The molecule has 0 aromatic heterocycles. The summed E-state index contributed by atoms with van der Waals surface area (Å²) in [5.74, 6) is 0.389. The highest BCUT2D eigenvalue weighted by Gasteiger charge is 2.34. The molecule has 23 heavy (non-hydrogen) atoms. The maximum Gasteiger partial charge on any atom is 0.330 e. The molecule has 1 N–H and O–H groups in total. The van der Waals surface area contributed by atoms with Gasteiger partial charge in [0.1, 0.15) is 5.75 Å². The quantitative estimate of drug-likeness (QED) is 0.683. The average Bonchev–Trinajstić information content (AvgIpc) is 2.52. The Kier molecular flexibility index (Phi) is 5.26. The maximum absolute atomic E-state index is 11.7. The van der Waals surface area contributed by atoms with Crippen LogP contribution >= 0.6 is 0 Å². The van der Waals surface area contributed by atoms with E-state index >= 15 is 0 Å². The summed E-state index contributed by atoms with van der Waals surface area (Å²) in [6.07, 6.45) is 3.32. The Hall–Kier alpha value is -2.07. The number of hydrogen-bond donors (Lipinski definition) is 1. The average molecular weight is 316 g/mol. The third kappa shape index (κ3) is 4.02. The van der Waals surface area contributed by atoms with E-state index in [1.807, 2.05) is 38.1 Å². The van der Waals surface area contributed by atoms with Crippen molar-refractivity contribution in [2.45, 2.75) is 33.3 Å². The first-order chi connectivity index (χ1) is 10.9. The van der Waals surface area contributed by atoms with Crippen LogP contribution in [0.4, 0.5) is 0 Å². The lowest BCUT2D eigenvalue weighted by Crippen LogP contribution is -2.33. The minimum Gasteiger partial charge on any atom is -0.497 e. The van der Waals surface area contributed by atoms with Crippen LogP contribution in [0.5, 0.6) is 5.75 Å². The minimum absolute atomic E-state index is 0.323. The van der Waals surface area contributed by atoms with E-state index < -0.39 is 17.5 Å². The number of allylic oxidation sites excluding steroid dienone is 1. The van der Waals surface area contributed by atoms with E-state index in [0.717, 1.165) is 16.9 Å². The van der Waals surface area contributed by atoms with Crippen LogP contribution in [0.1, 0.15) is 32.8 Å². The predicted molar refractivity (Wildman–Crippen MR) is 90.1 cm³/mol. The second-order valence-corrected chi connectivity index (χ2v) is 6.27. The van der Waals surface area contributed by atoms with Gasteiger partial charge in [-0.2, -0.15) is 0 Å². The summed E-state index contributed by atoms with van der Waals surface area (Å²) in [4.78, 5) is 11.7. The van der Waals surface area contributed by atoms with Gasteiger partial charge in [-0.15, -0.1) is 0 Å². The van der Waals surface area contributed by atoms with Crippen LogP contribution in [0.15, 0.2) is 42.0 Å². The minimum atomic E-state index is -0.700. The van der Waals surface area contributed by atoms with Crippen LogP contribution in [0, 0.1) is 5.41 Å². The summed E-state index contributed by atoms with van der Waals surface area (Å²) >= 11 is 0. The van der Waals surface area contributed by atoms with Crippen LogP contribution in [0.2, 0.25) is 0 Å². The van der Waals surface area contributed by atoms with Gasteiger partial charge >= 0.3 is 5.97 Å². The van der Waals surface area contributed by atoms with Crippen molar-refractivity contribution in [3.63, 3.8) is 0 Å². The Bertz CT molecular complexity index is 623. The highest BCUT2D eigenvalue weighted by Crippen LogP contribution is 2.41. The molecule has 0 saturated carbocycles. The number of ether oxygens (including phenoxy) is 2. The zero-order valence-electron chi connectivity index (χ0n) is 14.1. The van der Waals surface area contributed by atoms with Gasteiger partial charge in [-0.05, 0) is 42.2 Å². The van der Waals surface area contributed by atoms with Crippen LogP contribution < -0.4 is 4.74 Å². The van der Waals surface area contributed by atoms with E-state index in [0.29, 0.717) is 18.6 Å². The van der Waals surface area contributed by atoms with Crippen molar-refractivity contribution in [2.24, 2.45) is 5.41 Å². The van der Waals surface area contributed by atoms with Gasteiger partial charge in [-0.3, -0.25) is 0 Å². The van der Waals surface area contributed by atoms with Crippen LogP contribution in [0.3, 0.4) is 0 Å². The highest BCUT2D eigenvalue weighted by molar-refractivity contribution is 5.84. The van der Waals surface area contributed by atoms with Crippen molar-refractivity contribution in [2.75, 3.05) is 13.7 Å². The molecule has 1 aromatic carbocycles. The predicted octanol–water partition coefficient (Wildman–Crippen LogP) is 3.36. The van der Waals surface area contributed by atoms with Gasteiger partial charge in [-0.25, -0.2) is 4.79 Å². The van der Waals surface area contributed by atoms with Crippen molar-refractivity contribution in [1.29, 1.82) is 0 Å². The van der Waals surface area contributed by atoms with Gasteiger partial charge < -0.3 is 14.6 Å². The second kappa shape index (κ2) is 7.01. The molecule has 0 saturated heterocycles. The van der Waals surface area contributed by atoms with Crippen molar-refractivity contribution in [3.8, 4) is 5.75 Å². The van der Waals surface area contributed by atoms with Gasteiger partial charge in [0.15, 0.2) is 0 Å². The molecule has 1 unspecified atom stereocenters. The standard InChI is InChI=1S/C19H24O4/c1-5-23-17(20)11-14-10-15(12-19(2,3)18(14)21)13-6-8-16(22-4)9-7-13/h6-9,11-12,18,21H,5,10H2,1-4H3/b14-11-. The third-order valence-electron chi connectivity index (χ3n) is 4.05. The normalized spacial score (nSPS) is 21.7. The number of aliphatic hydroxyl groups excluding tert-OH is 1. The smallest absolute Gasteiger partial charge is 0.330 e. The van der Waals surface area contributed by atoms with Gasteiger partial charge in [-0.1, -0.05) is 32.1 Å². The van der Waals surface area contributed by atoms with Gasteiger partial charge in [0.25, 0.3) is 0 Å². The first kappa shape index (κ1) is 17.3. The molecule has 0 heterocycles. The molecule has 1 aromatic rings. The number of esters is 1. The molecule has 0 amide bonds. The molecule has 1 atom stereocenters. The number of rotatable bonds is 4. The second-order valence-electron chi connectivity index (χ2n) is 6.27. The van der Waals surface area contributed by atoms with E-state index in [4.69, 9.17) is 9.47 Å². The fourth-order valence-electron chi connectivity index (χ4n) is 2.83. The summed E-state index contributed by atoms with van der Waals surface area (Å²) in [5.41, 5.74) is 2.37. The van der Waals surface area contributed by atoms with Crippen LogP contribution in [-0.2, 0) is 9.53 Å². The molecule has 124 valence electrons. The molecule has 0 aliphatic heterocycles. The zero-order valence-corrected chi connectivity index (χ0v) is 14.1. The summed E-state index contributed by atoms with van der Waals surface area (Å²) < 4.78 is 10.2. The van der Waals surface area contributed by atoms with E-state index in [1.54, 1.807) is 14.0 Å². The fourth-order valence-corrected chi connectivity index (χ4v) is 2.83. The number of hydrogen-bond acceptors (Lipinski definition) is 4. The molecular formula is C19H24O4. The van der Waals surface area contributed by atoms with Crippen LogP contribution in [-0.4, -0.2) is 30.9 Å². The lowest BCUT2D eigenvalue weighted by molar-refractivity contribution is -0.137. The lowest BCUT2D eigenvalue weighted by Gasteiger charge is -2.35. The van der Waals surface area contributed by atoms with Gasteiger partial charge in [0.05, 0.1) is 19.8 Å². The highest BCUT2D eigenvalue weighted by atomic mass is 16.5. The van der Waals surface area contributed by atoms with E-state index in [-0.39, 0.29) is 0 Å². The Morgan fingerprint density at radius 3 is 2.57 bits per heavy atom. The molecule has 4 heteroatoms. The van der Waals surface area contributed by atoms with Crippen molar-refractivity contribution >= 4 is 11.5 Å². The lowest BCUT2D eigenvalue weighted by atomic mass is 9.73. The number of aliphatic hydroxyl groups is 1. The molecule has 1 aliphatic carbocycles. The number of carbonyl (C=O) groups excluding carboxylic acids is 1. The van der Waals surface area contributed by atoms with Gasteiger partial charge in [0, 0.05) is 11.5 Å². The molecule has 0 bridgehead atoms. The molecular weight excluding hydrogens is 292 g/mol. The molecule has 0 fully saturated rings. The Labute approximate surface area is 137 Å². The molecule has 1 aliphatic rings. The SMILES string of the molecule is CCOC(=O)/C=C1/CC(c2ccc(OC)cc2)=CC(C)(C)C1O. The largest absolute Gasteiger partial charge is 0.497 e. The van der Waals surface area contributed by atoms with E-state index in [1.165, 1.54) is 6.08 Å². The molecule has 4 nitrogen and oxygen atoms in total. The summed E-state index contributed by atoms with van der Waals surface area (Å²) in [7, 11) is 1.63. The zero-order chi connectivity index (χ0) is 17.0. The monoisotopic (exact) mass is 316 g/mol. The Morgan fingerprint density at radius 1 is 1.35 bits per heavy atom. The van der Waals surface area contributed by atoms with Crippen LogP contribution in [0.25, 0.3) is 5.57 Å². The molecule has 2 rings (SSSR count). The Balaban J connectivity index is 2.34. The topological polar surface area (TPSA) is 55.8 Å². The number of carbonyl (C=O) groups is 1. The first-order valence-electron chi connectivity index (χ1n) is 7.79. The summed E-state index contributed by atoms with van der Waals surface area (Å²) in [5, 5.41) is 10.5. The molecule has 0 spiro atoms. The number of methoxy groups -OCH3 is 1. The fraction of sp³-hybridized carbons (Fsp3) is 0.421. The van der Waals surface area contributed by atoms with E-state index in [2.05, 4.69) is 6.08 Å².